The first-order valence-electron chi connectivity index (χ1n) is 13.8. The lowest BCUT2D eigenvalue weighted by Gasteiger charge is -2.41. The topological polar surface area (TPSA) is 41.4 Å². The monoisotopic (exact) mass is 512 g/mol. The predicted octanol–water partition coefficient (Wildman–Crippen LogP) is 8.36. The summed E-state index contributed by atoms with van der Waals surface area (Å²) in [5.41, 5.74) is 5.00. The molecule has 38 heavy (non-hydrogen) atoms. The highest BCUT2D eigenvalue weighted by atomic mass is 16.2. The second kappa shape index (κ2) is 14.2. The standard InChI is InChI=1S/C27H26N4O.3C2H6/c1-27(31-17-16-28-19-31,21-12-8-5-9-13-21)22-14-15-24-23(18-22)25(20-10-6-4-7-11-20)30(3)26(32)29(24)2;3*1-2/h4-19,25H,1-3H3;3*1-2H3. The van der Waals surface area contributed by atoms with Gasteiger partial charge in [-0.15, -0.1) is 0 Å². The van der Waals surface area contributed by atoms with Crippen LogP contribution in [0.5, 0.6) is 0 Å². The second-order valence-corrected chi connectivity index (χ2v) is 8.45. The molecular weight excluding hydrogens is 468 g/mol. The van der Waals surface area contributed by atoms with Crippen LogP contribution >= 0.6 is 0 Å². The molecule has 0 radical (unpaired) electrons. The van der Waals surface area contributed by atoms with Crippen molar-refractivity contribution in [3.05, 3.63) is 120 Å². The number of amides is 2. The van der Waals surface area contributed by atoms with Gasteiger partial charge >= 0.3 is 6.03 Å². The molecule has 0 bridgehead atoms. The third kappa shape index (κ3) is 5.67. The van der Waals surface area contributed by atoms with Crippen molar-refractivity contribution in [2.75, 3.05) is 19.0 Å². The third-order valence-corrected chi connectivity index (χ3v) is 6.69. The van der Waals surface area contributed by atoms with E-state index in [4.69, 9.17) is 0 Å². The fraction of sp³-hybridized carbons (Fsp3) is 0.333. The van der Waals surface area contributed by atoms with Gasteiger partial charge in [-0.2, -0.15) is 0 Å². The second-order valence-electron chi connectivity index (χ2n) is 8.45. The fourth-order valence-electron chi connectivity index (χ4n) is 4.83. The number of aromatic nitrogens is 2. The van der Waals surface area contributed by atoms with Gasteiger partial charge in [-0.3, -0.25) is 4.90 Å². The molecule has 2 amide bonds. The summed E-state index contributed by atoms with van der Waals surface area (Å²) in [4.78, 5) is 20.9. The lowest BCUT2D eigenvalue weighted by atomic mass is 9.81. The molecule has 1 aliphatic rings. The highest BCUT2D eigenvalue weighted by Crippen LogP contribution is 2.43. The first-order chi connectivity index (χ1) is 18.5. The minimum atomic E-state index is -0.452. The lowest BCUT2D eigenvalue weighted by Crippen LogP contribution is -2.46. The van der Waals surface area contributed by atoms with Crippen molar-refractivity contribution in [2.24, 2.45) is 0 Å². The smallest absolute Gasteiger partial charge is 0.323 e. The number of anilines is 1. The Balaban J connectivity index is 0.000000791. The van der Waals surface area contributed by atoms with Crippen molar-refractivity contribution >= 4 is 11.7 Å². The van der Waals surface area contributed by atoms with Crippen molar-refractivity contribution in [3.8, 4) is 0 Å². The minimum absolute atomic E-state index is 0.0143. The van der Waals surface area contributed by atoms with Crippen LogP contribution in [0.25, 0.3) is 0 Å². The normalized spacial score (nSPS) is 15.4. The van der Waals surface area contributed by atoms with Crippen LogP contribution in [0.3, 0.4) is 0 Å². The molecule has 5 rings (SSSR count). The molecule has 0 aliphatic carbocycles. The Morgan fingerprint density at radius 3 is 1.89 bits per heavy atom. The van der Waals surface area contributed by atoms with E-state index in [1.165, 1.54) is 5.56 Å². The summed E-state index contributed by atoms with van der Waals surface area (Å²) in [5, 5.41) is 0. The Morgan fingerprint density at radius 1 is 0.763 bits per heavy atom. The molecule has 2 atom stereocenters. The van der Waals surface area contributed by atoms with Gasteiger partial charge in [0.1, 0.15) is 0 Å². The van der Waals surface area contributed by atoms with Crippen LogP contribution in [-0.4, -0.2) is 34.6 Å². The van der Waals surface area contributed by atoms with E-state index in [0.29, 0.717) is 0 Å². The molecule has 1 aliphatic heterocycles. The summed E-state index contributed by atoms with van der Waals surface area (Å²) in [7, 11) is 3.71. The van der Waals surface area contributed by atoms with E-state index >= 15 is 0 Å². The van der Waals surface area contributed by atoms with Crippen molar-refractivity contribution in [2.45, 2.75) is 60.0 Å². The SMILES string of the molecule is CC.CC.CC.CN1C(=O)N(C)C(c2ccccc2)c2cc(C(C)(c3ccccc3)n3ccnc3)ccc21. The average Bonchev–Trinajstić information content (AvgIpc) is 3.55. The third-order valence-electron chi connectivity index (χ3n) is 6.69. The number of imidazole rings is 1. The number of carbonyl (C=O) groups is 1. The van der Waals surface area contributed by atoms with Crippen molar-refractivity contribution < 1.29 is 4.79 Å². The number of rotatable bonds is 4. The van der Waals surface area contributed by atoms with Gasteiger partial charge < -0.3 is 9.47 Å². The Bertz CT molecular complexity index is 1240. The Kier molecular flexibility index (Phi) is 11.3. The van der Waals surface area contributed by atoms with E-state index in [0.717, 1.165) is 22.4 Å². The van der Waals surface area contributed by atoms with Gasteiger partial charge in [0.15, 0.2) is 0 Å². The van der Waals surface area contributed by atoms with Crippen molar-refractivity contribution in [1.82, 2.24) is 14.5 Å². The highest BCUT2D eigenvalue weighted by Gasteiger charge is 2.37. The predicted molar refractivity (Wildman–Crippen MR) is 161 cm³/mol. The first kappa shape index (κ1) is 30.4. The maximum atomic E-state index is 13.0. The largest absolute Gasteiger partial charge is 0.324 e. The van der Waals surface area contributed by atoms with E-state index in [1.807, 2.05) is 104 Å². The van der Waals surface area contributed by atoms with Gasteiger partial charge in [-0.25, -0.2) is 9.78 Å². The number of fused-ring (bicyclic) bond motifs is 1. The minimum Gasteiger partial charge on any atom is -0.323 e. The van der Waals surface area contributed by atoms with Crippen LogP contribution in [-0.2, 0) is 5.54 Å². The zero-order valence-corrected chi connectivity index (χ0v) is 24.5. The van der Waals surface area contributed by atoms with E-state index in [2.05, 4.69) is 71.1 Å². The zero-order chi connectivity index (χ0) is 28.3. The number of hydrogen-bond donors (Lipinski definition) is 0. The number of carbonyl (C=O) groups excluding carboxylic acids is 1. The number of benzene rings is 3. The quantitative estimate of drug-likeness (QED) is 0.276. The molecule has 0 saturated carbocycles. The van der Waals surface area contributed by atoms with Crippen LogP contribution in [0, 0.1) is 0 Å². The van der Waals surface area contributed by atoms with Gasteiger partial charge in [-0.1, -0.05) is 108 Å². The van der Waals surface area contributed by atoms with E-state index in [9.17, 15) is 4.79 Å². The van der Waals surface area contributed by atoms with Gasteiger partial charge in [0, 0.05) is 32.1 Å². The summed E-state index contributed by atoms with van der Waals surface area (Å²) in [6.45, 7) is 14.2. The van der Waals surface area contributed by atoms with E-state index in [-0.39, 0.29) is 12.1 Å². The summed E-state index contributed by atoms with van der Waals surface area (Å²) in [5.74, 6) is 0. The molecule has 2 heterocycles. The molecule has 0 N–H and O–H groups in total. The average molecular weight is 513 g/mol. The summed E-state index contributed by atoms with van der Waals surface area (Å²) in [6, 6.07) is 27.0. The summed E-state index contributed by atoms with van der Waals surface area (Å²) >= 11 is 0. The summed E-state index contributed by atoms with van der Waals surface area (Å²) < 4.78 is 2.14. The maximum absolute atomic E-state index is 13.0. The van der Waals surface area contributed by atoms with Crippen LogP contribution in [0.2, 0.25) is 0 Å². The molecular formula is C33H44N4O. The van der Waals surface area contributed by atoms with Crippen LogP contribution in [0.15, 0.2) is 97.6 Å². The lowest BCUT2D eigenvalue weighted by molar-refractivity contribution is 0.202. The van der Waals surface area contributed by atoms with Crippen LogP contribution in [0.4, 0.5) is 10.5 Å². The van der Waals surface area contributed by atoms with Crippen LogP contribution in [0.1, 0.15) is 76.8 Å². The summed E-state index contributed by atoms with van der Waals surface area (Å²) in [6.07, 6.45) is 5.68. The zero-order valence-electron chi connectivity index (χ0n) is 24.5. The Labute approximate surface area is 229 Å². The first-order valence-corrected chi connectivity index (χ1v) is 13.8. The van der Waals surface area contributed by atoms with Crippen molar-refractivity contribution in [3.63, 3.8) is 0 Å². The maximum Gasteiger partial charge on any atom is 0.324 e. The number of nitrogens with zero attached hydrogens (tertiary/aromatic N) is 4. The number of urea groups is 1. The van der Waals surface area contributed by atoms with E-state index in [1.54, 1.807) is 4.90 Å². The fourth-order valence-corrected chi connectivity index (χ4v) is 4.83. The molecule has 0 spiro atoms. The molecule has 3 aromatic carbocycles. The molecule has 5 heteroatoms. The molecule has 4 aromatic rings. The van der Waals surface area contributed by atoms with Gasteiger partial charge in [0.2, 0.25) is 0 Å². The number of hydrogen-bond acceptors (Lipinski definition) is 2. The Hall–Kier alpha value is -3.86. The van der Waals surface area contributed by atoms with E-state index < -0.39 is 5.54 Å². The molecule has 0 fully saturated rings. The van der Waals surface area contributed by atoms with Gasteiger partial charge in [0.25, 0.3) is 0 Å². The van der Waals surface area contributed by atoms with Crippen molar-refractivity contribution in [1.29, 1.82) is 0 Å². The van der Waals surface area contributed by atoms with Crippen LogP contribution < -0.4 is 4.90 Å². The highest BCUT2D eigenvalue weighted by molar-refractivity contribution is 5.95. The molecule has 1 aromatic heterocycles. The Morgan fingerprint density at radius 2 is 1.34 bits per heavy atom. The molecule has 2 unspecified atom stereocenters. The molecule has 5 nitrogen and oxygen atoms in total. The molecule has 0 saturated heterocycles. The van der Waals surface area contributed by atoms with Gasteiger partial charge in [0.05, 0.1) is 23.6 Å². The molecule has 202 valence electrons. The van der Waals surface area contributed by atoms with Gasteiger partial charge in [-0.05, 0) is 35.7 Å².